The van der Waals surface area contributed by atoms with E-state index >= 15 is 0 Å². The Morgan fingerprint density at radius 2 is 2.00 bits per heavy atom. The summed E-state index contributed by atoms with van der Waals surface area (Å²) < 4.78 is 0. The molecule has 1 aliphatic heterocycles. The molecule has 0 unspecified atom stereocenters. The predicted octanol–water partition coefficient (Wildman–Crippen LogP) is 2.91. The van der Waals surface area contributed by atoms with E-state index in [0.29, 0.717) is 16.5 Å². The molecule has 104 valence electrons. The smallest absolute Gasteiger partial charge is 0.223 e. The van der Waals surface area contributed by atoms with Crippen LogP contribution < -0.4 is 5.32 Å². The topological polar surface area (TPSA) is 32.3 Å². The number of carbonyl (C=O) groups is 1. The van der Waals surface area contributed by atoms with Gasteiger partial charge in [0.25, 0.3) is 0 Å². The Hall–Kier alpha value is -0.420. The van der Waals surface area contributed by atoms with Crippen molar-refractivity contribution < 1.29 is 4.79 Å². The second kappa shape index (κ2) is 7.39. The molecule has 0 aromatic heterocycles. The maximum Gasteiger partial charge on any atom is 0.223 e. The Morgan fingerprint density at radius 1 is 1.26 bits per heavy atom. The van der Waals surface area contributed by atoms with Gasteiger partial charge in [-0.1, -0.05) is 23.2 Å². The zero-order chi connectivity index (χ0) is 13.7. The molecule has 1 N–H and O–H groups in total. The largest absolute Gasteiger partial charge is 0.340 e. The molecule has 1 heterocycles. The molecule has 2 rings (SSSR count). The third-order valence-electron chi connectivity index (χ3n) is 2.95. The molecule has 1 saturated heterocycles. The van der Waals surface area contributed by atoms with E-state index in [1.54, 1.807) is 17.8 Å². The Labute approximate surface area is 127 Å². The third-order valence-corrected chi connectivity index (χ3v) is 4.68. The normalized spacial score (nSPS) is 15.6. The Balaban J connectivity index is 1.76. The maximum absolute atomic E-state index is 11.9. The minimum Gasteiger partial charge on any atom is -0.340 e. The van der Waals surface area contributed by atoms with Crippen LogP contribution in [0.1, 0.15) is 6.42 Å². The van der Waals surface area contributed by atoms with Crippen LogP contribution in [0.2, 0.25) is 10.0 Å². The van der Waals surface area contributed by atoms with E-state index in [2.05, 4.69) is 5.32 Å². The van der Waals surface area contributed by atoms with E-state index < -0.39 is 0 Å². The quantitative estimate of drug-likeness (QED) is 0.866. The van der Waals surface area contributed by atoms with Crippen LogP contribution >= 0.6 is 35.0 Å². The standard InChI is InChI=1S/C13H16Cl2N2OS/c14-11-2-1-10(9-12(11)15)19-8-3-13(18)17-6-4-16-5-7-17/h1-2,9,16H,3-8H2. The highest BCUT2D eigenvalue weighted by molar-refractivity contribution is 7.99. The van der Waals surface area contributed by atoms with E-state index in [1.807, 2.05) is 17.0 Å². The highest BCUT2D eigenvalue weighted by atomic mass is 35.5. The second-order valence-corrected chi connectivity index (χ2v) is 6.29. The molecule has 0 radical (unpaired) electrons. The number of halogens is 2. The first-order valence-electron chi connectivity index (χ1n) is 6.23. The zero-order valence-corrected chi connectivity index (χ0v) is 12.8. The number of piperazine rings is 1. The lowest BCUT2D eigenvalue weighted by Gasteiger charge is -2.27. The van der Waals surface area contributed by atoms with Crippen LogP contribution in [0.15, 0.2) is 23.1 Å². The van der Waals surface area contributed by atoms with E-state index in [0.717, 1.165) is 36.8 Å². The fourth-order valence-electron chi connectivity index (χ4n) is 1.90. The predicted molar refractivity (Wildman–Crippen MR) is 81.3 cm³/mol. The molecule has 1 aromatic carbocycles. The van der Waals surface area contributed by atoms with Gasteiger partial charge in [0, 0.05) is 43.2 Å². The number of amides is 1. The molecular weight excluding hydrogens is 303 g/mol. The molecule has 6 heteroatoms. The first kappa shape index (κ1) is 15.0. The summed E-state index contributed by atoms with van der Waals surface area (Å²) >= 11 is 13.4. The van der Waals surface area contributed by atoms with Gasteiger partial charge < -0.3 is 10.2 Å². The van der Waals surface area contributed by atoms with Crippen molar-refractivity contribution in [3.05, 3.63) is 28.2 Å². The van der Waals surface area contributed by atoms with Crippen LogP contribution in [-0.2, 0) is 4.79 Å². The molecule has 19 heavy (non-hydrogen) atoms. The molecule has 0 saturated carbocycles. The summed E-state index contributed by atoms with van der Waals surface area (Å²) in [5.74, 6) is 0.995. The zero-order valence-electron chi connectivity index (χ0n) is 10.5. The van der Waals surface area contributed by atoms with Crippen molar-refractivity contribution in [2.45, 2.75) is 11.3 Å². The van der Waals surface area contributed by atoms with E-state index in [1.165, 1.54) is 0 Å². The van der Waals surface area contributed by atoms with E-state index in [-0.39, 0.29) is 5.91 Å². The van der Waals surface area contributed by atoms with Crippen LogP contribution in [0.25, 0.3) is 0 Å². The van der Waals surface area contributed by atoms with Gasteiger partial charge in [-0.2, -0.15) is 0 Å². The van der Waals surface area contributed by atoms with Gasteiger partial charge in [0.2, 0.25) is 5.91 Å². The lowest BCUT2D eigenvalue weighted by molar-refractivity contribution is -0.131. The monoisotopic (exact) mass is 318 g/mol. The third kappa shape index (κ3) is 4.56. The first-order valence-corrected chi connectivity index (χ1v) is 7.97. The number of nitrogens with zero attached hydrogens (tertiary/aromatic N) is 1. The summed E-state index contributed by atoms with van der Waals surface area (Å²) in [6.07, 6.45) is 0.560. The lowest BCUT2D eigenvalue weighted by atomic mass is 10.3. The highest BCUT2D eigenvalue weighted by Crippen LogP contribution is 2.28. The number of carbonyl (C=O) groups excluding carboxylic acids is 1. The SMILES string of the molecule is O=C(CCSc1ccc(Cl)c(Cl)c1)N1CCNCC1. The number of rotatable bonds is 4. The van der Waals surface area contributed by atoms with Crippen LogP contribution in [0.5, 0.6) is 0 Å². The molecule has 0 bridgehead atoms. The average Bonchev–Trinajstić information content (AvgIpc) is 2.43. The average molecular weight is 319 g/mol. The van der Waals surface area contributed by atoms with Gasteiger partial charge in [0.15, 0.2) is 0 Å². The summed E-state index contributed by atoms with van der Waals surface area (Å²) in [6.45, 7) is 3.42. The Bertz CT molecular complexity index is 450. The van der Waals surface area contributed by atoms with Gasteiger partial charge in [-0.3, -0.25) is 4.79 Å². The van der Waals surface area contributed by atoms with Crippen LogP contribution in [0.3, 0.4) is 0 Å². The summed E-state index contributed by atoms with van der Waals surface area (Å²) in [5.41, 5.74) is 0. The van der Waals surface area contributed by atoms with Crippen molar-refractivity contribution in [3.63, 3.8) is 0 Å². The molecule has 3 nitrogen and oxygen atoms in total. The van der Waals surface area contributed by atoms with Crippen molar-refractivity contribution in [2.24, 2.45) is 0 Å². The van der Waals surface area contributed by atoms with Crippen molar-refractivity contribution in [1.29, 1.82) is 0 Å². The molecule has 1 aliphatic rings. The summed E-state index contributed by atoms with van der Waals surface area (Å²) in [4.78, 5) is 14.9. The number of benzene rings is 1. The lowest BCUT2D eigenvalue weighted by Crippen LogP contribution is -2.46. The molecule has 1 aromatic rings. The maximum atomic E-state index is 11.9. The molecule has 0 atom stereocenters. The van der Waals surface area contributed by atoms with Gasteiger partial charge in [-0.25, -0.2) is 0 Å². The van der Waals surface area contributed by atoms with Gasteiger partial charge in [0.1, 0.15) is 0 Å². The summed E-state index contributed by atoms with van der Waals surface area (Å²) in [7, 11) is 0. The Morgan fingerprint density at radius 3 is 2.68 bits per heavy atom. The van der Waals surface area contributed by atoms with E-state index in [4.69, 9.17) is 23.2 Å². The number of thioether (sulfide) groups is 1. The fourth-order valence-corrected chi connectivity index (χ4v) is 3.14. The van der Waals surface area contributed by atoms with Crippen LogP contribution in [-0.4, -0.2) is 42.7 Å². The molecular formula is C13H16Cl2N2OS. The number of hydrogen-bond acceptors (Lipinski definition) is 3. The van der Waals surface area contributed by atoms with Gasteiger partial charge >= 0.3 is 0 Å². The Kier molecular flexibility index (Phi) is 5.82. The molecule has 1 amide bonds. The van der Waals surface area contributed by atoms with Gasteiger partial charge in [-0.15, -0.1) is 11.8 Å². The first-order chi connectivity index (χ1) is 9.16. The van der Waals surface area contributed by atoms with E-state index in [9.17, 15) is 4.79 Å². The molecule has 1 fully saturated rings. The van der Waals surface area contributed by atoms with Crippen molar-refractivity contribution >= 4 is 40.9 Å². The van der Waals surface area contributed by atoms with Gasteiger partial charge in [-0.05, 0) is 18.2 Å². The number of nitrogens with one attached hydrogen (secondary N) is 1. The van der Waals surface area contributed by atoms with Crippen molar-refractivity contribution in [2.75, 3.05) is 31.9 Å². The van der Waals surface area contributed by atoms with Gasteiger partial charge in [0.05, 0.1) is 10.0 Å². The minimum absolute atomic E-state index is 0.231. The molecule has 0 aliphatic carbocycles. The number of hydrogen-bond donors (Lipinski definition) is 1. The highest BCUT2D eigenvalue weighted by Gasteiger charge is 2.15. The van der Waals surface area contributed by atoms with Crippen LogP contribution in [0.4, 0.5) is 0 Å². The summed E-state index contributed by atoms with van der Waals surface area (Å²) in [6, 6.07) is 5.54. The summed E-state index contributed by atoms with van der Waals surface area (Å²) in [5, 5.41) is 4.35. The molecule has 0 spiro atoms. The van der Waals surface area contributed by atoms with Crippen molar-refractivity contribution in [3.8, 4) is 0 Å². The van der Waals surface area contributed by atoms with Crippen molar-refractivity contribution in [1.82, 2.24) is 10.2 Å². The second-order valence-electron chi connectivity index (χ2n) is 4.31. The minimum atomic E-state index is 0.231. The fraction of sp³-hybridized carbons (Fsp3) is 0.462. The van der Waals surface area contributed by atoms with Crippen LogP contribution in [0, 0.1) is 0 Å².